The van der Waals surface area contributed by atoms with Crippen molar-refractivity contribution in [1.82, 2.24) is 9.97 Å². The van der Waals surface area contributed by atoms with Gasteiger partial charge in [-0.2, -0.15) is 0 Å². The van der Waals surface area contributed by atoms with E-state index in [4.69, 9.17) is 11.6 Å². The van der Waals surface area contributed by atoms with Crippen molar-refractivity contribution in [2.45, 2.75) is 11.8 Å². The van der Waals surface area contributed by atoms with E-state index in [1.807, 2.05) is 18.2 Å². The highest BCUT2D eigenvalue weighted by Crippen LogP contribution is 2.17. The van der Waals surface area contributed by atoms with Gasteiger partial charge < -0.3 is 5.32 Å². The Morgan fingerprint density at radius 1 is 1.00 bits per heavy atom. The molecular weight excluding hydrogens is 412 g/mol. The van der Waals surface area contributed by atoms with Crippen LogP contribution < -0.4 is 10.0 Å². The Kier molecular flexibility index (Phi) is 6.26. The number of rotatable bonds is 6. The fourth-order valence-electron chi connectivity index (χ4n) is 2.37. The summed E-state index contributed by atoms with van der Waals surface area (Å²) in [7, 11) is -3.87. The molecule has 0 fully saturated rings. The van der Waals surface area contributed by atoms with Gasteiger partial charge in [0.2, 0.25) is 11.9 Å². The molecule has 0 atom stereocenters. The summed E-state index contributed by atoms with van der Waals surface area (Å²) in [5.74, 6) is -0.287. The highest BCUT2D eigenvalue weighted by molar-refractivity contribution is 7.92. The second-order valence-electron chi connectivity index (χ2n) is 6.00. The minimum Gasteiger partial charge on any atom is -0.326 e. The topological polar surface area (TPSA) is 101 Å². The summed E-state index contributed by atoms with van der Waals surface area (Å²) < 4.78 is 27.4. The highest BCUT2D eigenvalue weighted by Gasteiger charge is 2.15. The monoisotopic (exact) mass is 428 g/mol. The maximum absolute atomic E-state index is 12.5. The van der Waals surface area contributed by atoms with Gasteiger partial charge in [0.05, 0.1) is 10.6 Å². The Morgan fingerprint density at radius 3 is 2.34 bits per heavy atom. The van der Waals surface area contributed by atoms with Crippen LogP contribution in [0.25, 0.3) is 12.2 Å². The van der Waals surface area contributed by atoms with E-state index in [9.17, 15) is 13.2 Å². The first kappa shape index (κ1) is 20.5. The first-order valence-corrected chi connectivity index (χ1v) is 10.4. The molecule has 2 aromatic carbocycles. The Hall–Kier alpha value is -3.23. The lowest BCUT2D eigenvalue weighted by Crippen LogP contribution is -2.15. The highest BCUT2D eigenvalue weighted by atomic mass is 35.5. The van der Waals surface area contributed by atoms with Gasteiger partial charge in [0, 0.05) is 23.8 Å². The molecule has 148 valence electrons. The van der Waals surface area contributed by atoms with Crippen LogP contribution in [0.1, 0.15) is 18.2 Å². The van der Waals surface area contributed by atoms with E-state index in [0.717, 1.165) is 5.56 Å². The average molecular weight is 429 g/mol. The lowest BCUT2D eigenvalue weighted by Gasteiger charge is -2.08. The first-order valence-electron chi connectivity index (χ1n) is 8.49. The zero-order chi connectivity index (χ0) is 20.9. The number of nitrogens with zero attached hydrogens (tertiary/aromatic N) is 2. The third-order valence-electron chi connectivity index (χ3n) is 3.70. The van der Waals surface area contributed by atoms with Crippen LogP contribution in [0.2, 0.25) is 5.02 Å². The van der Waals surface area contributed by atoms with Crippen LogP contribution in [0.15, 0.2) is 65.7 Å². The van der Waals surface area contributed by atoms with E-state index in [-0.39, 0.29) is 16.8 Å². The lowest BCUT2D eigenvalue weighted by molar-refractivity contribution is -0.114. The van der Waals surface area contributed by atoms with Crippen molar-refractivity contribution in [3.8, 4) is 0 Å². The van der Waals surface area contributed by atoms with Gasteiger partial charge in [0.25, 0.3) is 10.0 Å². The predicted octanol–water partition coefficient (Wildman–Crippen LogP) is 4.06. The van der Waals surface area contributed by atoms with Crippen LogP contribution in [0.3, 0.4) is 0 Å². The second-order valence-corrected chi connectivity index (χ2v) is 8.12. The number of sulfonamides is 1. The summed E-state index contributed by atoms with van der Waals surface area (Å²) in [5, 5.41) is 3.22. The molecule has 0 spiro atoms. The number of carbonyl (C=O) groups is 1. The molecule has 0 unspecified atom stereocenters. The zero-order valence-electron chi connectivity index (χ0n) is 15.3. The Bertz CT molecular complexity index is 1150. The SMILES string of the molecule is CC(=O)Nc1ccc(S(=O)(=O)Nc2nccc(/C=C/c3ccc(Cl)cc3)n2)cc1. The fraction of sp³-hybridized carbons (Fsp3) is 0.0500. The number of amides is 1. The van der Waals surface area contributed by atoms with Crippen LogP contribution in [0, 0.1) is 0 Å². The molecule has 0 aliphatic carbocycles. The molecular formula is C20H17ClN4O3S. The quantitative estimate of drug-likeness (QED) is 0.616. The van der Waals surface area contributed by atoms with Crippen molar-refractivity contribution in [2.75, 3.05) is 10.0 Å². The molecule has 3 aromatic rings. The first-order chi connectivity index (χ1) is 13.8. The van der Waals surface area contributed by atoms with Crippen LogP contribution in [0.5, 0.6) is 0 Å². The number of aromatic nitrogens is 2. The lowest BCUT2D eigenvalue weighted by atomic mass is 10.2. The van der Waals surface area contributed by atoms with Crippen molar-refractivity contribution >= 4 is 51.3 Å². The molecule has 1 aromatic heterocycles. The van der Waals surface area contributed by atoms with Crippen LogP contribution in [0.4, 0.5) is 11.6 Å². The molecule has 9 heteroatoms. The summed E-state index contributed by atoms with van der Waals surface area (Å²) >= 11 is 5.86. The van der Waals surface area contributed by atoms with E-state index < -0.39 is 10.0 Å². The molecule has 0 aliphatic rings. The van der Waals surface area contributed by atoms with Crippen molar-refractivity contribution < 1.29 is 13.2 Å². The summed E-state index contributed by atoms with van der Waals surface area (Å²) in [6.45, 7) is 1.37. The molecule has 0 saturated heterocycles. The third kappa shape index (κ3) is 5.87. The normalized spacial score (nSPS) is 11.4. The molecule has 0 radical (unpaired) electrons. The van der Waals surface area contributed by atoms with E-state index >= 15 is 0 Å². The molecule has 1 heterocycles. The van der Waals surface area contributed by atoms with E-state index in [0.29, 0.717) is 16.4 Å². The Morgan fingerprint density at radius 2 is 1.69 bits per heavy atom. The van der Waals surface area contributed by atoms with E-state index in [2.05, 4.69) is 20.0 Å². The largest absolute Gasteiger partial charge is 0.326 e. The standard InChI is InChI=1S/C20H17ClN4O3S/c1-14(26)23-17-8-10-19(11-9-17)29(27,28)25-20-22-13-12-18(24-20)7-4-15-2-5-16(21)6-3-15/h2-13H,1H3,(H,23,26)(H,22,24,25)/b7-4+. The molecule has 3 rings (SSSR count). The van der Waals surface area contributed by atoms with Gasteiger partial charge in [0.1, 0.15) is 0 Å². The van der Waals surface area contributed by atoms with E-state index in [1.165, 1.54) is 37.4 Å². The minimum atomic E-state index is -3.87. The van der Waals surface area contributed by atoms with Crippen molar-refractivity contribution in [2.24, 2.45) is 0 Å². The van der Waals surface area contributed by atoms with Crippen LogP contribution >= 0.6 is 11.6 Å². The summed E-state index contributed by atoms with van der Waals surface area (Å²) in [5.41, 5.74) is 1.96. The van der Waals surface area contributed by atoms with Crippen LogP contribution in [-0.4, -0.2) is 24.3 Å². The van der Waals surface area contributed by atoms with Gasteiger partial charge in [-0.25, -0.2) is 23.1 Å². The van der Waals surface area contributed by atoms with Gasteiger partial charge in [-0.3, -0.25) is 4.79 Å². The molecule has 0 saturated carbocycles. The summed E-state index contributed by atoms with van der Waals surface area (Å²) in [4.78, 5) is 19.2. The average Bonchev–Trinajstić information content (AvgIpc) is 2.67. The molecule has 7 nitrogen and oxygen atoms in total. The number of nitrogens with one attached hydrogen (secondary N) is 2. The van der Waals surface area contributed by atoms with Gasteiger partial charge >= 0.3 is 0 Å². The molecule has 0 aliphatic heterocycles. The van der Waals surface area contributed by atoms with Crippen molar-refractivity contribution in [3.05, 3.63) is 77.1 Å². The second kappa shape index (κ2) is 8.85. The summed E-state index contributed by atoms with van der Waals surface area (Å²) in [6.07, 6.45) is 5.04. The van der Waals surface area contributed by atoms with E-state index in [1.54, 1.807) is 24.3 Å². The maximum atomic E-state index is 12.5. The minimum absolute atomic E-state index is 0.0253. The molecule has 0 bridgehead atoms. The van der Waals surface area contributed by atoms with Gasteiger partial charge in [0.15, 0.2) is 0 Å². The number of benzene rings is 2. The third-order valence-corrected chi connectivity index (χ3v) is 5.30. The predicted molar refractivity (Wildman–Crippen MR) is 114 cm³/mol. The number of carbonyl (C=O) groups excluding carboxylic acids is 1. The van der Waals surface area contributed by atoms with Crippen molar-refractivity contribution in [3.63, 3.8) is 0 Å². The van der Waals surface area contributed by atoms with Gasteiger partial charge in [-0.15, -0.1) is 0 Å². The van der Waals surface area contributed by atoms with Gasteiger partial charge in [-0.05, 0) is 54.1 Å². The fourth-order valence-corrected chi connectivity index (χ4v) is 3.45. The van der Waals surface area contributed by atoms with Crippen molar-refractivity contribution in [1.29, 1.82) is 0 Å². The van der Waals surface area contributed by atoms with Crippen LogP contribution in [-0.2, 0) is 14.8 Å². The van der Waals surface area contributed by atoms with Gasteiger partial charge in [-0.1, -0.05) is 29.8 Å². The smallest absolute Gasteiger partial charge is 0.264 e. The number of hydrogen-bond donors (Lipinski definition) is 2. The number of anilines is 2. The zero-order valence-corrected chi connectivity index (χ0v) is 16.9. The number of halogens is 1. The Labute approximate surface area is 173 Å². The molecule has 2 N–H and O–H groups in total. The molecule has 29 heavy (non-hydrogen) atoms. The molecule has 1 amide bonds. The maximum Gasteiger partial charge on any atom is 0.264 e. The Balaban J connectivity index is 1.74. The summed E-state index contributed by atoms with van der Waals surface area (Å²) in [6, 6.07) is 14.7. The number of hydrogen-bond acceptors (Lipinski definition) is 5.